The first kappa shape index (κ1) is 23.5. The minimum atomic E-state index is -0.212. The average Bonchev–Trinajstić information content (AvgIpc) is 3.26. The first-order chi connectivity index (χ1) is 17.7. The third kappa shape index (κ3) is 4.76. The van der Waals surface area contributed by atoms with Gasteiger partial charge in [-0.1, -0.05) is 91.0 Å². The quantitative estimate of drug-likeness (QED) is 0.318. The first-order valence-electron chi connectivity index (χ1n) is 12.0. The molecule has 6 nitrogen and oxygen atoms in total. The zero-order chi connectivity index (χ0) is 24.9. The van der Waals surface area contributed by atoms with Crippen LogP contribution in [0.25, 0.3) is 16.8 Å². The standard InChI is InChI=1S/C30H28N4O2/c1-21-28(24-16-10-5-11-17-24)29-31-19-25(27(20-36-2)34(29)33-21)30(35)32-26(23-14-8-4-9-15-23)18-22-12-6-3-7-13-22/h3-17,19,26H,18,20H2,1-2H3,(H,32,35). The van der Waals surface area contributed by atoms with Crippen molar-refractivity contribution in [2.45, 2.75) is 26.0 Å². The van der Waals surface area contributed by atoms with E-state index >= 15 is 0 Å². The van der Waals surface area contributed by atoms with Gasteiger partial charge in [0.15, 0.2) is 5.65 Å². The van der Waals surface area contributed by atoms with Crippen molar-refractivity contribution in [3.8, 4) is 11.1 Å². The Bertz CT molecular complexity index is 1470. The molecule has 6 heteroatoms. The van der Waals surface area contributed by atoms with Gasteiger partial charge in [-0.05, 0) is 30.0 Å². The van der Waals surface area contributed by atoms with Crippen molar-refractivity contribution in [1.82, 2.24) is 19.9 Å². The van der Waals surface area contributed by atoms with Crippen molar-refractivity contribution in [2.24, 2.45) is 0 Å². The lowest BCUT2D eigenvalue weighted by molar-refractivity contribution is 0.0929. The number of carbonyl (C=O) groups excluding carboxylic acids is 1. The lowest BCUT2D eigenvalue weighted by Gasteiger charge is -2.20. The van der Waals surface area contributed by atoms with Crippen LogP contribution >= 0.6 is 0 Å². The molecular formula is C30H28N4O2. The van der Waals surface area contributed by atoms with Crippen molar-refractivity contribution in [3.63, 3.8) is 0 Å². The smallest absolute Gasteiger partial charge is 0.255 e. The van der Waals surface area contributed by atoms with E-state index in [0.717, 1.165) is 27.9 Å². The van der Waals surface area contributed by atoms with Crippen LogP contribution in [-0.4, -0.2) is 27.6 Å². The van der Waals surface area contributed by atoms with Crippen LogP contribution in [0.3, 0.4) is 0 Å². The van der Waals surface area contributed by atoms with Gasteiger partial charge in [-0.25, -0.2) is 9.50 Å². The summed E-state index contributed by atoms with van der Waals surface area (Å²) < 4.78 is 7.24. The summed E-state index contributed by atoms with van der Waals surface area (Å²) in [6, 6.07) is 30.0. The van der Waals surface area contributed by atoms with E-state index in [-0.39, 0.29) is 18.6 Å². The molecule has 0 aliphatic rings. The molecule has 0 saturated carbocycles. The summed E-state index contributed by atoms with van der Waals surface area (Å²) in [7, 11) is 1.62. The van der Waals surface area contributed by atoms with Gasteiger partial charge in [0.2, 0.25) is 0 Å². The predicted molar refractivity (Wildman–Crippen MR) is 141 cm³/mol. The first-order valence-corrected chi connectivity index (χ1v) is 12.0. The van der Waals surface area contributed by atoms with Crippen molar-refractivity contribution in [2.75, 3.05) is 7.11 Å². The summed E-state index contributed by atoms with van der Waals surface area (Å²) in [6.45, 7) is 2.18. The van der Waals surface area contributed by atoms with Crippen LogP contribution in [-0.2, 0) is 17.8 Å². The Kier molecular flexibility index (Phi) is 6.87. The second kappa shape index (κ2) is 10.5. The van der Waals surface area contributed by atoms with Crippen LogP contribution in [0.15, 0.2) is 97.2 Å². The van der Waals surface area contributed by atoms with E-state index < -0.39 is 0 Å². The van der Waals surface area contributed by atoms with E-state index in [9.17, 15) is 4.79 Å². The number of hydrogen-bond donors (Lipinski definition) is 1. The zero-order valence-corrected chi connectivity index (χ0v) is 20.4. The van der Waals surface area contributed by atoms with E-state index in [1.807, 2.05) is 85.8 Å². The van der Waals surface area contributed by atoms with Crippen LogP contribution in [0, 0.1) is 6.92 Å². The van der Waals surface area contributed by atoms with Gasteiger partial charge in [0.25, 0.3) is 5.91 Å². The number of hydrogen-bond acceptors (Lipinski definition) is 4. The number of rotatable bonds is 8. The number of nitrogens with zero attached hydrogens (tertiary/aromatic N) is 3. The topological polar surface area (TPSA) is 68.5 Å². The van der Waals surface area contributed by atoms with Crippen molar-refractivity contribution in [3.05, 3.63) is 125 Å². The summed E-state index contributed by atoms with van der Waals surface area (Å²) in [5.41, 5.74) is 6.82. The summed E-state index contributed by atoms with van der Waals surface area (Å²) >= 11 is 0. The van der Waals surface area contributed by atoms with Gasteiger partial charge in [0, 0.05) is 18.9 Å². The highest BCUT2D eigenvalue weighted by atomic mass is 16.5. The molecule has 0 spiro atoms. The SMILES string of the molecule is COCc1c(C(=O)NC(Cc2ccccc2)c2ccccc2)cnc2c(-c3ccccc3)c(C)nn12. The Labute approximate surface area is 210 Å². The van der Waals surface area contributed by atoms with Crippen LogP contribution in [0.1, 0.15) is 38.9 Å². The predicted octanol–water partition coefficient (Wildman–Crippen LogP) is 5.56. The van der Waals surface area contributed by atoms with Gasteiger partial charge >= 0.3 is 0 Å². The number of nitrogens with one attached hydrogen (secondary N) is 1. The number of benzene rings is 3. The average molecular weight is 477 g/mol. The summed E-state index contributed by atoms with van der Waals surface area (Å²) in [6.07, 6.45) is 2.31. The van der Waals surface area contributed by atoms with Gasteiger partial charge in [0.1, 0.15) is 0 Å². The van der Waals surface area contributed by atoms with Crippen LogP contribution in [0.2, 0.25) is 0 Å². The lowest BCUT2D eigenvalue weighted by atomic mass is 9.98. The number of aromatic nitrogens is 3. The third-order valence-corrected chi connectivity index (χ3v) is 6.30. The number of ether oxygens (including phenoxy) is 1. The largest absolute Gasteiger partial charge is 0.378 e. The van der Waals surface area contributed by atoms with Gasteiger partial charge in [-0.2, -0.15) is 5.10 Å². The maximum absolute atomic E-state index is 13.7. The summed E-state index contributed by atoms with van der Waals surface area (Å²) in [5.74, 6) is -0.212. The highest BCUT2D eigenvalue weighted by molar-refractivity contribution is 5.96. The minimum Gasteiger partial charge on any atom is -0.378 e. The Balaban J connectivity index is 1.53. The monoisotopic (exact) mass is 476 g/mol. The molecule has 1 amide bonds. The number of amides is 1. The Morgan fingerprint density at radius 2 is 1.58 bits per heavy atom. The van der Waals surface area contributed by atoms with E-state index in [0.29, 0.717) is 23.3 Å². The fourth-order valence-corrected chi connectivity index (χ4v) is 4.57. The normalized spacial score (nSPS) is 11.9. The zero-order valence-electron chi connectivity index (χ0n) is 20.4. The Hall–Kier alpha value is -4.29. The molecule has 1 unspecified atom stereocenters. The molecule has 5 rings (SSSR count). The van der Waals surface area contributed by atoms with Gasteiger partial charge in [0.05, 0.1) is 29.6 Å². The molecule has 1 N–H and O–H groups in total. The van der Waals surface area contributed by atoms with E-state index in [2.05, 4.69) is 17.4 Å². The Morgan fingerprint density at radius 1 is 0.944 bits per heavy atom. The van der Waals surface area contributed by atoms with Gasteiger partial charge < -0.3 is 10.1 Å². The van der Waals surface area contributed by atoms with Crippen LogP contribution in [0.5, 0.6) is 0 Å². The van der Waals surface area contributed by atoms with E-state index in [1.165, 1.54) is 0 Å². The molecule has 5 aromatic rings. The lowest BCUT2D eigenvalue weighted by Crippen LogP contribution is -2.31. The fraction of sp³-hybridized carbons (Fsp3) is 0.167. The number of carbonyl (C=O) groups is 1. The maximum Gasteiger partial charge on any atom is 0.255 e. The molecule has 0 aliphatic heterocycles. The molecular weight excluding hydrogens is 448 g/mol. The fourth-order valence-electron chi connectivity index (χ4n) is 4.57. The minimum absolute atomic E-state index is 0.202. The second-order valence-electron chi connectivity index (χ2n) is 8.74. The molecule has 3 aromatic carbocycles. The second-order valence-corrected chi connectivity index (χ2v) is 8.74. The molecule has 0 saturated heterocycles. The Morgan fingerprint density at radius 3 is 2.25 bits per heavy atom. The molecule has 0 fully saturated rings. The maximum atomic E-state index is 13.7. The van der Waals surface area contributed by atoms with Gasteiger partial charge in [-0.3, -0.25) is 4.79 Å². The highest BCUT2D eigenvalue weighted by Gasteiger charge is 2.23. The summed E-state index contributed by atoms with van der Waals surface area (Å²) in [4.78, 5) is 18.4. The van der Waals surface area contributed by atoms with Crippen molar-refractivity contribution in [1.29, 1.82) is 0 Å². The van der Waals surface area contributed by atoms with Gasteiger partial charge in [-0.15, -0.1) is 0 Å². The number of aryl methyl sites for hydroxylation is 1. The van der Waals surface area contributed by atoms with E-state index in [1.54, 1.807) is 17.8 Å². The van der Waals surface area contributed by atoms with Crippen LogP contribution < -0.4 is 5.32 Å². The van der Waals surface area contributed by atoms with Crippen molar-refractivity contribution >= 4 is 11.6 Å². The molecule has 0 bridgehead atoms. The van der Waals surface area contributed by atoms with Crippen molar-refractivity contribution < 1.29 is 9.53 Å². The third-order valence-electron chi connectivity index (χ3n) is 6.30. The molecule has 2 aromatic heterocycles. The molecule has 1 atom stereocenters. The van der Waals surface area contributed by atoms with E-state index in [4.69, 9.17) is 14.8 Å². The molecule has 180 valence electrons. The van der Waals surface area contributed by atoms with Crippen LogP contribution in [0.4, 0.5) is 0 Å². The molecule has 36 heavy (non-hydrogen) atoms. The highest BCUT2D eigenvalue weighted by Crippen LogP contribution is 2.29. The number of methoxy groups -OCH3 is 1. The number of fused-ring (bicyclic) bond motifs is 1. The molecule has 0 radical (unpaired) electrons. The molecule has 0 aliphatic carbocycles. The summed E-state index contributed by atoms with van der Waals surface area (Å²) in [5, 5.41) is 7.99. The molecule has 2 heterocycles.